The first-order chi connectivity index (χ1) is 10.7. The molecule has 2 N–H and O–H groups in total. The van der Waals surface area contributed by atoms with Crippen LogP contribution in [0.1, 0.15) is 6.92 Å². The van der Waals surface area contributed by atoms with Gasteiger partial charge in [0.15, 0.2) is 17.6 Å². The van der Waals surface area contributed by atoms with Crippen LogP contribution in [-0.2, 0) is 4.79 Å². The Morgan fingerprint density at radius 3 is 3.14 bits per heavy atom. The monoisotopic (exact) mass is 297 g/mol. The number of fused-ring (bicyclic) bond motifs is 2. The first kappa shape index (κ1) is 12.5. The minimum Gasteiger partial charge on any atom is -0.479 e. The zero-order valence-corrected chi connectivity index (χ0v) is 11.5. The Hall–Kier alpha value is -3.23. The number of benzene rings is 1. The molecule has 9 heteroatoms. The SMILES string of the molecule is C[C@@H]1Oc2ccc(Nc3ccc4nnnn4n3)cc2NC1=O. The topological polar surface area (TPSA) is 106 Å². The molecule has 22 heavy (non-hydrogen) atoms. The molecule has 1 aliphatic rings. The molecule has 0 aliphatic carbocycles. The molecular weight excluding hydrogens is 286 g/mol. The molecule has 0 saturated carbocycles. The van der Waals surface area contributed by atoms with Crippen molar-refractivity contribution >= 4 is 28.7 Å². The van der Waals surface area contributed by atoms with E-state index in [9.17, 15) is 4.79 Å². The minimum absolute atomic E-state index is 0.169. The van der Waals surface area contributed by atoms with E-state index >= 15 is 0 Å². The van der Waals surface area contributed by atoms with Crippen molar-refractivity contribution in [2.75, 3.05) is 10.6 Å². The Bertz CT molecular complexity index is 876. The minimum atomic E-state index is -0.491. The van der Waals surface area contributed by atoms with Crippen LogP contribution in [0.2, 0.25) is 0 Å². The lowest BCUT2D eigenvalue weighted by Crippen LogP contribution is -2.34. The number of aromatic nitrogens is 5. The first-order valence-electron chi connectivity index (χ1n) is 6.63. The second-order valence-electron chi connectivity index (χ2n) is 4.83. The average molecular weight is 297 g/mol. The molecule has 0 radical (unpaired) electrons. The lowest BCUT2D eigenvalue weighted by molar-refractivity contribution is -0.122. The van der Waals surface area contributed by atoms with Crippen molar-refractivity contribution in [3.05, 3.63) is 30.3 Å². The quantitative estimate of drug-likeness (QED) is 0.726. The molecule has 0 spiro atoms. The Balaban J connectivity index is 1.63. The zero-order chi connectivity index (χ0) is 15.1. The molecule has 4 rings (SSSR count). The van der Waals surface area contributed by atoms with E-state index in [1.807, 2.05) is 6.07 Å². The van der Waals surface area contributed by atoms with Crippen LogP contribution < -0.4 is 15.4 Å². The molecule has 0 fully saturated rings. The number of ether oxygens (including phenoxy) is 1. The summed E-state index contributed by atoms with van der Waals surface area (Å²) in [5.41, 5.74) is 1.94. The van der Waals surface area contributed by atoms with Gasteiger partial charge in [-0.1, -0.05) is 0 Å². The maximum atomic E-state index is 11.6. The highest BCUT2D eigenvalue weighted by atomic mass is 16.5. The fraction of sp³-hybridized carbons (Fsp3) is 0.154. The summed E-state index contributed by atoms with van der Waals surface area (Å²) in [5.74, 6) is 1.05. The van der Waals surface area contributed by atoms with Gasteiger partial charge in [0, 0.05) is 5.69 Å². The van der Waals surface area contributed by atoms with Gasteiger partial charge in [-0.2, -0.15) is 0 Å². The number of amides is 1. The van der Waals surface area contributed by atoms with E-state index in [0.717, 1.165) is 5.69 Å². The molecule has 0 unspecified atom stereocenters. The molecule has 0 bridgehead atoms. The third-order valence-electron chi connectivity index (χ3n) is 3.25. The van der Waals surface area contributed by atoms with Gasteiger partial charge < -0.3 is 15.4 Å². The fourth-order valence-electron chi connectivity index (χ4n) is 2.15. The van der Waals surface area contributed by atoms with Crippen LogP contribution >= 0.6 is 0 Å². The van der Waals surface area contributed by atoms with Crippen LogP contribution in [0.3, 0.4) is 0 Å². The summed E-state index contributed by atoms with van der Waals surface area (Å²) >= 11 is 0. The maximum absolute atomic E-state index is 11.6. The van der Waals surface area contributed by atoms with Crippen molar-refractivity contribution in [2.24, 2.45) is 0 Å². The predicted octanol–water partition coefficient (Wildman–Crippen LogP) is 0.982. The largest absolute Gasteiger partial charge is 0.479 e. The van der Waals surface area contributed by atoms with Gasteiger partial charge in [-0.3, -0.25) is 4.79 Å². The normalized spacial score (nSPS) is 16.8. The van der Waals surface area contributed by atoms with E-state index in [0.29, 0.717) is 22.9 Å². The first-order valence-corrected chi connectivity index (χ1v) is 6.63. The zero-order valence-electron chi connectivity index (χ0n) is 11.5. The van der Waals surface area contributed by atoms with Gasteiger partial charge in [0.1, 0.15) is 5.75 Å². The van der Waals surface area contributed by atoms with E-state index in [4.69, 9.17) is 4.74 Å². The summed E-state index contributed by atoms with van der Waals surface area (Å²) in [6.45, 7) is 1.70. The van der Waals surface area contributed by atoms with E-state index in [2.05, 4.69) is 31.3 Å². The second-order valence-corrected chi connectivity index (χ2v) is 4.83. The molecule has 2 aromatic heterocycles. The average Bonchev–Trinajstić information content (AvgIpc) is 2.96. The van der Waals surface area contributed by atoms with Crippen LogP contribution in [0, 0.1) is 0 Å². The summed E-state index contributed by atoms with van der Waals surface area (Å²) < 4.78 is 6.84. The molecule has 3 aromatic rings. The number of anilines is 3. The fourth-order valence-corrected chi connectivity index (χ4v) is 2.15. The molecule has 110 valence electrons. The van der Waals surface area contributed by atoms with Gasteiger partial charge in [-0.15, -0.1) is 14.8 Å². The number of nitrogens with zero attached hydrogens (tertiary/aromatic N) is 5. The third kappa shape index (κ3) is 2.08. The predicted molar refractivity (Wildman–Crippen MR) is 77.0 cm³/mol. The standard InChI is InChI=1S/C13H11N7O2/c1-7-13(21)15-9-6-8(2-3-10(9)22-7)14-11-4-5-12-16-18-19-20(12)17-11/h2-7H,1H3,(H,14,17)(H,15,21)/t7-/m0/s1. The lowest BCUT2D eigenvalue weighted by atomic mass is 10.2. The second kappa shape index (κ2) is 4.65. The Morgan fingerprint density at radius 2 is 2.23 bits per heavy atom. The summed E-state index contributed by atoms with van der Waals surface area (Å²) in [7, 11) is 0. The van der Waals surface area contributed by atoms with Crippen molar-refractivity contribution in [2.45, 2.75) is 13.0 Å². The van der Waals surface area contributed by atoms with Crippen molar-refractivity contribution in [3.63, 3.8) is 0 Å². The van der Waals surface area contributed by atoms with Gasteiger partial charge in [0.2, 0.25) is 0 Å². The van der Waals surface area contributed by atoms with Gasteiger partial charge in [0.05, 0.1) is 5.69 Å². The van der Waals surface area contributed by atoms with Crippen LogP contribution in [0.4, 0.5) is 17.2 Å². The molecule has 1 aromatic carbocycles. The highest BCUT2D eigenvalue weighted by Crippen LogP contribution is 2.32. The van der Waals surface area contributed by atoms with E-state index in [-0.39, 0.29) is 5.91 Å². The summed E-state index contributed by atoms with van der Waals surface area (Å²) in [6.07, 6.45) is -0.491. The smallest absolute Gasteiger partial charge is 0.265 e. The van der Waals surface area contributed by atoms with Crippen molar-refractivity contribution in [1.82, 2.24) is 25.3 Å². The number of hydrogen-bond donors (Lipinski definition) is 2. The molecular formula is C13H11N7O2. The number of rotatable bonds is 2. The number of hydrogen-bond acceptors (Lipinski definition) is 7. The van der Waals surface area contributed by atoms with Crippen LogP contribution in [0.15, 0.2) is 30.3 Å². The molecule has 1 amide bonds. The van der Waals surface area contributed by atoms with Gasteiger partial charge in [-0.25, -0.2) is 0 Å². The third-order valence-corrected chi connectivity index (χ3v) is 3.25. The van der Waals surface area contributed by atoms with Gasteiger partial charge in [0.25, 0.3) is 5.91 Å². The molecule has 1 atom stereocenters. The van der Waals surface area contributed by atoms with E-state index in [1.54, 1.807) is 31.2 Å². The summed E-state index contributed by atoms with van der Waals surface area (Å²) in [5, 5.41) is 21.2. The Kier molecular flexibility index (Phi) is 2.65. The molecule has 3 heterocycles. The summed E-state index contributed by atoms with van der Waals surface area (Å²) in [4.78, 5) is 11.6. The van der Waals surface area contributed by atoms with Crippen molar-refractivity contribution in [1.29, 1.82) is 0 Å². The molecule has 1 aliphatic heterocycles. The van der Waals surface area contributed by atoms with E-state index in [1.165, 1.54) is 4.63 Å². The Morgan fingerprint density at radius 1 is 1.32 bits per heavy atom. The van der Waals surface area contributed by atoms with Crippen LogP contribution in [0.5, 0.6) is 5.75 Å². The van der Waals surface area contributed by atoms with Crippen LogP contribution in [0.25, 0.3) is 5.65 Å². The van der Waals surface area contributed by atoms with Crippen LogP contribution in [-0.4, -0.2) is 37.3 Å². The molecule has 0 saturated heterocycles. The van der Waals surface area contributed by atoms with Crippen molar-refractivity contribution < 1.29 is 9.53 Å². The number of tetrazole rings is 1. The van der Waals surface area contributed by atoms with Crippen molar-refractivity contribution in [3.8, 4) is 5.75 Å². The van der Waals surface area contributed by atoms with E-state index < -0.39 is 6.10 Å². The number of carbonyl (C=O) groups excluding carboxylic acids is 1. The highest BCUT2D eigenvalue weighted by molar-refractivity contribution is 5.98. The Labute approximate surface area is 124 Å². The molecule has 9 nitrogen and oxygen atoms in total. The number of carbonyl (C=O) groups is 1. The number of nitrogens with one attached hydrogen (secondary N) is 2. The summed E-state index contributed by atoms with van der Waals surface area (Å²) in [6, 6.07) is 8.94. The lowest BCUT2D eigenvalue weighted by Gasteiger charge is -2.23. The highest BCUT2D eigenvalue weighted by Gasteiger charge is 2.23. The maximum Gasteiger partial charge on any atom is 0.265 e. The van der Waals surface area contributed by atoms with Gasteiger partial charge in [-0.05, 0) is 47.7 Å². The van der Waals surface area contributed by atoms with Gasteiger partial charge >= 0.3 is 0 Å².